The minimum atomic E-state index is -0.175. The predicted molar refractivity (Wildman–Crippen MR) is 145 cm³/mol. The first-order valence-electron chi connectivity index (χ1n) is 12.2. The quantitative estimate of drug-likeness (QED) is 0.207. The fourth-order valence-corrected chi connectivity index (χ4v) is 4.76. The standard InChI is InChI=1S/C25H33N7O4S/c1-5-32(6-2)11-12-36-30-21(16-7-8-18-19(13-16)35-15-34-18)22-17-14-20(23(33)27-9-10-31(3)4)37-24(17)29-25(26)28-22/h7-8,13-14H,5-6,9-12,15H2,1-4H3,(H,27,33)(H2,26,28,29). The summed E-state index contributed by atoms with van der Waals surface area (Å²) in [7, 11) is 3.91. The Labute approximate surface area is 220 Å². The first kappa shape index (κ1) is 26.6. The molecule has 0 saturated carbocycles. The van der Waals surface area contributed by atoms with Crippen LogP contribution in [0.1, 0.15) is 34.8 Å². The number of nitrogen functional groups attached to an aromatic ring is 1. The first-order chi connectivity index (χ1) is 17.9. The number of hydrogen-bond acceptors (Lipinski definition) is 11. The minimum Gasteiger partial charge on any atom is -0.454 e. The lowest BCUT2D eigenvalue weighted by atomic mass is 10.0. The van der Waals surface area contributed by atoms with Gasteiger partial charge in [0.05, 0.1) is 4.88 Å². The summed E-state index contributed by atoms with van der Waals surface area (Å²) in [4.78, 5) is 32.8. The maximum atomic E-state index is 12.8. The molecule has 12 heteroatoms. The maximum Gasteiger partial charge on any atom is 0.261 e. The molecule has 3 aromatic rings. The molecule has 4 rings (SSSR count). The maximum absolute atomic E-state index is 12.8. The zero-order valence-electron chi connectivity index (χ0n) is 21.6. The van der Waals surface area contributed by atoms with Crippen molar-refractivity contribution in [2.24, 2.45) is 5.16 Å². The van der Waals surface area contributed by atoms with Gasteiger partial charge >= 0.3 is 0 Å². The van der Waals surface area contributed by atoms with Crippen LogP contribution in [0.25, 0.3) is 10.2 Å². The molecule has 0 spiro atoms. The molecule has 0 fully saturated rings. The van der Waals surface area contributed by atoms with Crippen molar-refractivity contribution in [1.82, 2.24) is 25.1 Å². The second kappa shape index (κ2) is 12.2. The van der Waals surface area contributed by atoms with Crippen LogP contribution in [0.2, 0.25) is 0 Å². The summed E-state index contributed by atoms with van der Waals surface area (Å²) in [6, 6.07) is 7.30. The van der Waals surface area contributed by atoms with Crippen LogP contribution in [0.5, 0.6) is 11.5 Å². The van der Waals surface area contributed by atoms with E-state index < -0.39 is 0 Å². The Morgan fingerprint density at radius 3 is 2.70 bits per heavy atom. The second-order valence-corrected chi connectivity index (χ2v) is 9.72. The van der Waals surface area contributed by atoms with Gasteiger partial charge in [-0.05, 0) is 51.5 Å². The molecule has 2 aromatic heterocycles. The number of thiophene rings is 1. The van der Waals surface area contributed by atoms with E-state index in [1.807, 2.05) is 37.2 Å². The molecule has 1 aromatic carbocycles. The predicted octanol–water partition coefficient (Wildman–Crippen LogP) is 2.40. The number of benzene rings is 1. The molecular weight excluding hydrogens is 494 g/mol. The van der Waals surface area contributed by atoms with Crippen LogP contribution >= 0.6 is 11.3 Å². The molecule has 11 nitrogen and oxygen atoms in total. The molecule has 0 radical (unpaired) electrons. The minimum absolute atomic E-state index is 0.0838. The van der Waals surface area contributed by atoms with Crippen molar-refractivity contribution < 1.29 is 19.1 Å². The molecule has 0 bridgehead atoms. The first-order valence-corrected chi connectivity index (χ1v) is 13.0. The number of nitrogens with two attached hydrogens (primary N) is 1. The van der Waals surface area contributed by atoms with Crippen LogP contribution in [0.4, 0.5) is 5.95 Å². The number of nitrogens with one attached hydrogen (secondary N) is 1. The molecule has 3 N–H and O–H groups in total. The molecular formula is C25H33N7O4S. The smallest absolute Gasteiger partial charge is 0.261 e. The molecule has 0 saturated heterocycles. The van der Waals surface area contributed by atoms with E-state index >= 15 is 0 Å². The lowest BCUT2D eigenvalue weighted by Gasteiger charge is -2.16. The number of hydrogen-bond donors (Lipinski definition) is 2. The fourth-order valence-electron chi connectivity index (χ4n) is 3.81. The number of carbonyl (C=O) groups is 1. The number of aromatic nitrogens is 2. The third-order valence-corrected chi connectivity index (χ3v) is 6.93. The van der Waals surface area contributed by atoms with Crippen molar-refractivity contribution >= 4 is 39.1 Å². The van der Waals surface area contributed by atoms with Crippen molar-refractivity contribution in [1.29, 1.82) is 0 Å². The summed E-state index contributed by atoms with van der Waals surface area (Å²) in [6.07, 6.45) is 0. The molecule has 3 heterocycles. The Bertz CT molecular complexity index is 1270. The molecule has 0 atom stereocenters. The van der Waals surface area contributed by atoms with Gasteiger partial charge in [0, 0.05) is 30.6 Å². The van der Waals surface area contributed by atoms with Crippen LogP contribution in [0.3, 0.4) is 0 Å². The normalized spacial score (nSPS) is 13.1. The number of ether oxygens (including phenoxy) is 2. The number of nitrogens with zero attached hydrogens (tertiary/aromatic N) is 5. The van der Waals surface area contributed by atoms with E-state index in [9.17, 15) is 4.79 Å². The highest BCUT2D eigenvalue weighted by atomic mass is 32.1. The van der Waals surface area contributed by atoms with E-state index in [1.54, 1.807) is 6.07 Å². The van der Waals surface area contributed by atoms with Crippen LogP contribution in [-0.2, 0) is 4.84 Å². The zero-order valence-corrected chi connectivity index (χ0v) is 22.4. The average molecular weight is 528 g/mol. The van der Waals surface area contributed by atoms with Crippen LogP contribution in [0, 0.1) is 0 Å². The molecule has 0 unspecified atom stereocenters. The number of carbonyl (C=O) groups excluding carboxylic acids is 1. The van der Waals surface area contributed by atoms with Crippen LogP contribution in [0.15, 0.2) is 29.4 Å². The van der Waals surface area contributed by atoms with Crippen LogP contribution in [-0.4, -0.2) is 91.6 Å². The number of rotatable bonds is 12. The number of anilines is 1. The summed E-state index contributed by atoms with van der Waals surface area (Å²) in [5.41, 5.74) is 7.76. The molecule has 1 aliphatic rings. The Morgan fingerprint density at radius 2 is 1.95 bits per heavy atom. The van der Waals surface area contributed by atoms with Gasteiger partial charge in [-0.3, -0.25) is 4.79 Å². The molecule has 1 amide bonds. The Morgan fingerprint density at radius 1 is 1.16 bits per heavy atom. The van der Waals surface area contributed by atoms with Gasteiger partial charge in [-0.25, -0.2) is 9.97 Å². The van der Waals surface area contributed by atoms with Gasteiger partial charge in [-0.2, -0.15) is 0 Å². The second-order valence-electron chi connectivity index (χ2n) is 8.69. The van der Waals surface area contributed by atoms with Gasteiger partial charge in [0.25, 0.3) is 5.91 Å². The summed E-state index contributed by atoms with van der Waals surface area (Å²) < 4.78 is 11.0. The van der Waals surface area contributed by atoms with Crippen molar-refractivity contribution in [2.45, 2.75) is 13.8 Å². The lowest BCUT2D eigenvalue weighted by Crippen LogP contribution is -2.30. The van der Waals surface area contributed by atoms with E-state index in [0.717, 1.165) is 31.7 Å². The van der Waals surface area contributed by atoms with E-state index in [0.29, 0.717) is 51.2 Å². The highest BCUT2D eigenvalue weighted by Crippen LogP contribution is 2.34. The van der Waals surface area contributed by atoms with Gasteiger partial charge < -0.3 is 35.2 Å². The molecule has 0 aliphatic carbocycles. The fraction of sp³-hybridized carbons (Fsp3) is 0.440. The highest BCUT2D eigenvalue weighted by Gasteiger charge is 2.22. The SMILES string of the molecule is CCN(CC)CCON=C(c1ccc2c(c1)OCO2)c1nc(N)nc2sc(C(=O)NCCN(C)C)cc12. The number of likely N-dealkylation sites (N-methyl/N-ethyl adjacent to an activating group) is 2. The van der Waals surface area contributed by atoms with Crippen LogP contribution < -0.4 is 20.5 Å². The van der Waals surface area contributed by atoms with E-state index in [2.05, 4.69) is 39.2 Å². The van der Waals surface area contributed by atoms with Crippen molar-refractivity contribution in [3.63, 3.8) is 0 Å². The zero-order chi connectivity index (χ0) is 26.4. The average Bonchev–Trinajstić information content (AvgIpc) is 3.52. The number of amides is 1. The van der Waals surface area contributed by atoms with Gasteiger partial charge in [0.1, 0.15) is 22.8 Å². The van der Waals surface area contributed by atoms with Gasteiger partial charge in [-0.15, -0.1) is 11.3 Å². The van der Waals surface area contributed by atoms with Crippen molar-refractivity contribution in [3.05, 3.63) is 40.4 Å². The third-order valence-electron chi connectivity index (χ3n) is 5.90. The molecule has 37 heavy (non-hydrogen) atoms. The van der Waals surface area contributed by atoms with E-state index in [-0.39, 0.29) is 18.6 Å². The van der Waals surface area contributed by atoms with Gasteiger partial charge in [0.15, 0.2) is 11.5 Å². The summed E-state index contributed by atoms with van der Waals surface area (Å²) >= 11 is 1.26. The van der Waals surface area contributed by atoms with Gasteiger partial charge in [0.2, 0.25) is 12.7 Å². The monoisotopic (exact) mass is 527 g/mol. The largest absolute Gasteiger partial charge is 0.454 e. The Hall–Kier alpha value is -3.48. The topological polar surface area (TPSA) is 127 Å². The van der Waals surface area contributed by atoms with E-state index in [1.165, 1.54) is 11.3 Å². The summed E-state index contributed by atoms with van der Waals surface area (Å²) in [5, 5.41) is 8.10. The highest BCUT2D eigenvalue weighted by molar-refractivity contribution is 7.20. The van der Waals surface area contributed by atoms with Crippen molar-refractivity contribution in [3.8, 4) is 11.5 Å². The summed E-state index contributed by atoms with van der Waals surface area (Å²) in [5.74, 6) is 1.18. The van der Waals surface area contributed by atoms with E-state index in [4.69, 9.17) is 20.0 Å². The Kier molecular flexibility index (Phi) is 8.74. The summed E-state index contributed by atoms with van der Waals surface area (Å²) in [6.45, 7) is 8.64. The molecule has 1 aliphatic heterocycles. The number of fused-ring (bicyclic) bond motifs is 2. The van der Waals surface area contributed by atoms with Gasteiger partial charge in [-0.1, -0.05) is 19.0 Å². The third kappa shape index (κ3) is 6.45. The Balaban J connectivity index is 1.70. The molecule has 198 valence electrons. The number of oxime groups is 1. The van der Waals surface area contributed by atoms with Crippen molar-refractivity contribution in [2.75, 3.05) is 66.0 Å². The lowest BCUT2D eigenvalue weighted by molar-refractivity contribution is 0.0955.